The SMILES string of the molecule is CC12CC=C3[C@@H](CCC4CC5OC5C[C@@H]34)[C@@H]1CCC2. The lowest BCUT2D eigenvalue weighted by molar-refractivity contribution is 0.0988. The van der Waals surface area contributed by atoms with Gasteiger partial charge < -0.3 is 4.74 Å². The smallest absolute Gasteiger partial charge is 0.0847 e. The van der Waals surface area contributed by atoms with E-state index >= 15 is 0 Å². The molecule has 0 N–H and O–H groups in total. The van der Waals surface area contributed by atoms with Gasteiger partial charge in [0.15, 0.2) is 0 Å². The fourth-order valence-electron chi connectivity index (χ4n) is 6.35. The minimum atomic E-state index is 0.651. The van der Waals surface area contributed by atoms with Crippen molar-refractivity contribution >= 4 is 0 Å². The summed E-state index contributed by atoms with van der Waals surface area (Å²) < 4.78 is 5.83. The Labute approximate surface area is 116 Å². The van der Waals surface area contributed by atoms with E-state index in [0.717, 1.165) is 23.7 Å². The van der Waals surface area contributed by atoms with Crippen LogP contribution in [0.15, 0.2) is 11.6 Å². The van der Waals surface area contributed by atoms with Crippen molar-refractivity contribution in [1.29, 1.82) is 0 Å². The van der Waals surface area contributed by atoms with Crippen molar-refractivity contribution in [3.8, 4) is 0 Å². The second-order valence-electron chi connectivity index (χ2n) is 8.30. The number of fused-ring (bicyclic) bond motifs is 6. The molecule has 4 fully saturated rings. The third-order valence-electron chi connectivity index (χ3n) is 7.43. The van der Waals surface area contributed by atoms with E-state index in [9.17, 15) is 0 Å². The summed E-state index contributed by atoms with van der Waals surface area (Å²) in [4.78, 5) is 0. The summed E-state index contributed by atoms with van der Waals surface area (Å²) in [5.74, 6) is 3.86. The molecule has 1 heterocycles. The molecule has 3 saturated carbocycles. The highest BCUT2D eigenvalue weighted by atomic mass is 16.6. The van der Waals surface area contributed by atoms with Crippen LogP contribution in [0.1, 0.15) is 58.3 Å². The topological polar surface area (TPSA) is 12.5 Å². The molecule has 5 rings (SSSR count). The Morgan fingerprint density at radius 2 is 2.00 bits per heavy atom. The lowest BCUT2D eigenvalue weighted by Gasteiger charge is -2.49. The molecule has 0 radical (unpaired) electrons. The van der Waals surface area contributed by atoms with E-state index < -0.39 is 0 Å². The van der Waals surface area contributed by atoms with Gasteiger partial charge in [0.1, 0.15) is 0 Å². The molecule has 4 aliphatic carbocycles. The minimum Gasteiger partial charge on any atom is -0.370 e. The average molecular weight is 258 g/mol. The van der Waals surface area contributed by atoms with E-state index in [-0.39, 0.29) is 0 Å². The van der Waals surface area contributed by atoms with Gasteiger partial charge in [-0.25, -0.2) is 0 Å². The first-order chi connectivity index (χ1) is 9.24. The normalized spacial score (nSPS) is 58.5. The van der Waals surface area contributed by atoms with Crippen molar-refractivity contribution in [3.05, 3.63) is 11.6 Å². The van der Waals surface area contributed by atoms with Crippen molar-refractivity contribution in [2.45, 2.75) is 70.5 Å². The first-order valence-electron chi connectivity index (χ1n) is 8.60. The zero-order chi connectivity index (χ0) is 12.6. The van der Waals surface area contributed by atoms with Crippen molar-refractivity contribution in [1.82, 2.24) is 0 Å². The number of ether oxygens (including phenoxy) is 1. The molecule has 7 atom stereocenters. The predicted octanol–water partition coefficient (Wildman–Crippen LogP) is 4.33. The lowest BCUT2D eigenvalue weighted by Crippen LogP contribution is -2.41. The summed E-state index contributed by atoms with van der Waals surface area (Å²) in [7, 11) is 0. The second kappa shape index (κ2) is 3.67. The molecule has 0 aromatic rings. The van der Waals surface area contributed by atoms with Gasteiger partial charge in [0.05, 0.1) is 12.2 Å². The number of hydrogen-bond acceptors (Lipinski definition) is 1. The Kier molecular flexibility index (Phi) is 2.19. The number of allylic oxidation sites excluding steroid dienone is 2. The molecular formula is C18H26O. The maximum atomic E-state index is 5.83. The Morgan fingerprint density at radius 1 is 1.11 bits per heavy atom. The summed E-state index contributed by atoms with van der Waals surface area (Å²) in [6.45, 7) is 2.57. The van der Waals surface area contributed by atoms with Gasteiger partial charge in [-0.1, -0.05) is 25.0 Å². The lowest BCUT2D eigenvalue weighted by atomic mass is 9.55. The monoisotopic (exact) mass is 258 g/mol. The molecule has 0 bridgehead atoms. The van der Waals surface area contributed by atoms with Crippen LogP contribution in [0.25, 0.3) is 0 Å². The van der Waals surface area contributed by atoms with Crippen LogP contribution in [0.3, 0.4) is 0 Å². The largest absolute Gasteiger partial charge is 0.370 e. The number of rotatable bonds is 0. The zero-order valence-corrected chi connectivity index (χ0v) is 12.1. The van der Waals surface area contributed by atoms with Crippen molar-refractivity contribution in [2.75, 3.05) is 0 Å². The molecule has 0 aromatic carbocycles. The molecule has 1 nitrogen and oxygen atoms in total. The maximum Gasteiger partial charge on any atom is 0.0847 e. The van der Waals surface area contributed by atoms with Gasteiger partial charge in [-0.3, -0.25) is 0 Å². The minimum absolute atomic E-state index is 0.651. The molecule has 104 valence electrons. The third kappa shape index (κ3) is 1.51. The highest BCUT2D eigenvalue weighted by Gasteiger charge is 2.54. The summed E-state index contributed by atoms with van der Waals surface area (Å²) in [6.07, 6.45) is 15.6. The first kappa shape index (κ1) is 11.4. The van der Waals surface area contributed by atoms with Crippen molar-refractivity contribution < 1.29 is 4.74 Å². The van der Waals surface area contributed by atoms with Crippen LogP contribution in [0.5, 0.6) is 0 Å². The molecule has 0 aromatic heterocycles. The van der Waals surface area contributed by atoms with Crippen molar-refractivity contribution in [3.63, 3.8) is 0 Å². The van der Waals surface area contributed by atoms with Gasteiger partial charge in [-0.2, -0.15) is 0 Å². The van der Waals surface area contributed by atoms with Gasteiger partial charge in [-0.15, -0.1) is 0 Å². The average Bonchev–Trinajstić information content (AvgIpc) is 3.05. The van der Waals surface area contributed by atoms with E-state index in [0.29, 0.717) is 17.6 Å². The fourth-order valence-corrected chi connectivity index (χ4v) is 6.35. The summed E-state index contributed by atoms with van der Waals surface area (Å²) in [5.41, 5.74) is 2.56. The summed E-state index contributed by atoms with van der Waals surface area (Å²) >= 11 is 0. The fraction of sp³-hybridized carbons (Fsp3) is 0.889. The van der Waals surface area contributed by atoms with Gasteiger partial charge in [-0.05, 0) is 74.0 Å². The Morgan fingerprint density at radius 3 is 2.95 bits per heavy atom. The van der Waals surface area contributed by atoms with Crippen LogP contribution in [-0.2, 0) is 4.74 Å². The highest BCUT2D eigenvalue weighted by Crippen LogP contribution is 2.61. The molecule has 0 spiro atoms. The molecule has 1 saturated heterocycles. The van der Waals surface area contributed by atoms with Gasteiger partial charge in [0.25, 0.3) is 0 Å². The molecule has 0 amide bonds. The standard InChI is InChI=1S/C18H26O/c1-18-7-2-3-15(18)13-5-4-11-9-16-17(19-16)10-14(11)12(13)6-8-18/h6,11,13-17H,2-5,7-10H2,1H3/t11?,13-,14-,15+,16?,17?,18?/m1/s1. The van der Waals surface area contributed by atoms with E-state index in [1.165, 1.54) is 51.4 Å². The maximum absolute atomic E-state index is 5.83. The van der Waals surface area contributed by atoms with Gasteiger partial charge >= 0.3 is 0 Å². The van der Waals surface area contributed by atoms with Crippen LogP contribution in [0.2, 0.25) is 0 Å². The van der Waals surface area contributed by atoms with Crippen LogP contribution in [-0.4, -0.2) is 12.2 Å². The van der Waals surface area contributed by atoms with Crippen LogP contribution in [0.4, 0.5) is 0 Å². The molecule has 5 aliphatic rings. The van der Waals surface area contributed by atoms with Crippen molar-refractivity contribution in [2.24, 2.45) is 29.1 Å². The molecule has 4 unspecified atom stereocenters. The Hall–Kier alpha value is -0.300. The Balaban J connectivity index is 1.49. The quantitative estimate of drug-likeness (QED) is 0.465. The predicted molar refractivity (Wildman–Crippen MR) is 75.7 cm³/mol. The highest BCUT2D eigenvalue weighted by molar-refractivity contribution is 5.25. The Bertz CT molecular complexity index is 439. The van der Waals surface area contributed by atoms with Gasteiger partial charge in [0.2, 0.25) is 0 Å². The first-order valence-corrected chi connectivity index (χ1v) is 8.60. The van der Waals surface area contributed by atoms with Crippen LogP contribution < -0.4 is 0 Å². The zero-order valence-electron chi connectivity index (χ0n) is 12.1. The van der Waals surface area contributed by atoms with E-state index in [1.54, 1.807) is 0 Å². The third-order valence-corrected chi connectivity index (χ3v) is 7.43. The van der Waals surface area contributed by atoms with Crippen LogP contribution in [0, 0.1) is 29.1 Å². The molecular weight excluding hydrogens is 232 g/mol. The molecule has 1 heteroatoms. The summed E-state index contributed by atoms with van der Waals surface area (Å²) in [5, 5.41) is 0. The molecule has 1 aliphatic heterocycles. The molecule has 19 heavy (non-hydrogen) atoms. The van der Waals surface area contributed by atoms with Gasteiger partial charge in [0, 0.05) is 0 Å². The van der Waals surface area contributed by atoms with Crippen LogP contribution >= 0.6 is 0 Å². The van der Waals surface area contributed by atoms with E-state index in [1.807, 2.05) is 5.57 Å². The van der Waals surface area contributed by atoms with E-state index in [2.05, 4.69) is 13.0 Å². The number of epoxide rings is 1. The number of hydrogen-bond donors (Lipinski definition) is 0. The summed E-state index contributed by atoms with van der Waals surface area (Å²) in [6, 6.07) is 0. The van der Waals surface area contributed by atoms with E-state index in [4.69, 9.17) is 4.74 Å². The second-order valence-corrected chi connectivity index (χ2v) is 8.30.